The van der Waals surface area contributed by atoms with Crippen molar-refractivity contribution in [3.05, 3.63) is 88.9 Å². The molecule has 1 N–H and O–H groups in total. The third-order valence-corrected chi connectivity index (χ3v) is 8.30. The second-order valence-corrected chi connectivity index (χ2v) is 11.7. The topological polar surface area (TPSA) is 96.0 Å². The third-order valence-electron chi connectivity index (χ3n) is 6.15. The number of hydrogen-bond donors (Lipinski definition) is 1. The number of halogens is 1. The van der Waals surface area contributed by atoms with Crippen LogP contribution >= 0.6 is 11.6 Å². The number of aryl methyl sites for hydroxylation is 1. The first-order chi connectivity index (χ1) is 18.4. The van der Waals surface area contributed by atoms with Gasteiger partial charge in [0.15, 0.2) is 0 Å². The number of anilines is 1. The summed E-state index contributed by atoms with van der Waals surface area (Å²) in [7, 11) is -2.64. The number of nitrogens with one attached hydrogen (secondary N) is 1. The van der Waals surface area contributed by atoms with E-state index >= 15 is 0 Å². The SMILES string of the molecule is COc1ccc(N(CC(=O)N(Cc2ccccc2Cl)[C@H](C)C(=O)NC(C)C)S(=O)(=O)c2ccc(C)cc2)cc1. The number of carbonyl (C=O) groups is 2. The number of rotatable bonds is 11. The normalized spacial score (nSPS) is 12.1. The highest BCUT2D eigenvalue weighted by Gasteiger charge is 2.33. The lowest BCUT2D eigenvalue weighted by Gasteiger charge is -2.32. The largest absolute Gasteiger partial charge is 0.497 e. The van der Waals surface area contributed by atoms with Crippen LogP contribution in [0, 0.1) is 6.92 Å². The highest BCUT2D eigenvalue weighted by molar-refractivity contribution is 7.92. The summed E-state index contributed by atoms with van der Waals surface area (Å²) in [5.41, 5.74) is 1.81. The standard InChI is InChI=1S/C29H34ClN3O5S/c1-20(2)31-29(35)22(4)32(18-23-8-6-7-9-27(23)30)28(34)19-33(24-12-14-25(38-5)15-13-24)39(36,37)26-16-10-21(3)11-17-26/h6-17,20,22H,18-19H2,1-5H3,(H,31,35)/t22-/m1/s1. The smallest absolute Gasteiger partial charge is 0.264 e. The van der Waals surface area contributed by atoms with E-state index in [1.807, 2.05) is 20.8 Å². The van der Waals surface area contributed by atoms with Crippen LogP contribution in [0.1, 0.15) is 31.9 Å². The van der Waals surface area contributed by atoms with Crippen LogP contribution in [-0.4, -0.2) is 50.9 Å². The predicted molar refractivity (Wildman–Crippen MR) is 153 cm³/mol. The Morgan fingerprint density at radius 1 is 0.949 bits per heavy atom. The van der Waals surface area contributed by atoms with Crippen molar-refractivity contribution >= 4 is 39.1 Å². The monoisotopic (exact) mass is 571 g/mol. The van der Waals surface area contributed by atoms with Crippen molar-refractivity contribution in [2.24, 2.45) is 0 Å². The predicted octanol–water partition coefficient (Wildman–Crippen LogP) is 4.79. The summed E-state index contributed by atoms with van der Waals surface area (Å²) in [6.07, 6.45) is 0. The molecular weight excluding hydrogens is 538 g/mol. The molecule has 0 unspecified atom stereocenters. The van der Waals surface area contributed by atoms with Crippen LogP contribution < -0.4 is 14.4 Å². The first kappa shape index (κ1) is 30.0. The number of ether oxygens (including phenoxy) is 1. The number of carbonyl (C=O) groups excluding carboxylic acids is 2. The highest BCUT2D eigenvalue weighted by atomic mass is 35.5. The minimum Gasteiger partial charge on any atom is -0.497 e. The second-order valence-electron chi connectivity index (χ2n) is 9.48. The average molecular weight is 572 g/mol. The van der Waals surface area contributed by atoms with Gasteiger partial charge in [-0.3, -0.25) is 13.9 Å². The van der Waals surface area contributed by atoms with Crippen molar-refractivity contribution in [3.8, 4) is 5.75 Å². The molecule has 0 aromatic heterocycles. The van der Waals surface area contributed by atoms with E-state index in [0.29, 0.717) is 16.3 Å². The molecule has 3 rings (SSSR count). The van der Waals surface area contributed by atoms with E-state index in [9.17, 15) is 18.0 Å². The molecule has 3 aromatic rings. The summed E-state index contributed by atoms with van der Waals surface area (Å²) in [4.78, 5) is 28.3. The zero-order chi connectivity index (χ0) is 28.7. The number of methoxy groups -OCH3 is 1. The maximum absolute atomic E-state index is 13.9. The summed E-state index contributed by atoms with van der Waals surface area (Å²) in [6.45, 7) is 6.60. The summed E-state index contributed by atoms with van der Waals surface area (Å²) in [5, 5.41) is 3.26. The molecule has 0 aliphatic rings. The first-order valence-electron chi connectivity index (χ1n) is 12.5. The number of nitrogens with zero attached hydrogens (tertiary/aromatic N) is 2. The molecule has 0 bridgehead atoms. The van der Waals surface area contributed by atoms with E-state index < -0.39 is 28.5 Å². The number of hydrogen-bond acceptors (Lipinski definition) is 5. The molecule has 0 heterocycles. The van der Waals surface area contributed by atoms with Gasteiger partial charge in [0.1, 0.15) is 18.3 Å². The minimum absolute atomic E-state index is 0.0201. The van der Waals surface area contributed by atoms with E-state index in [1.54, 1.807) is 67.6 Å². The van der Waals surface area contributed by atoms with E-state index in [-0.39, 0.29) is 29.1 Å². The van der Waals surface area contributed by atoms with Gasteiger partial charge in [-0.15, -0.1) is 0 Å². The maximum Gasteiger partial charge on any atom is 0.264 e. The molecule has 0 radical (unpaired) electrons. The Kier molecular flexibility index (Phi) is 9.99. The minimum atomic E-state index is -4.15. The van der Waals surface area contributed by atoms with E-state index in [1.165, 1.54) is 24.1 Å². The molecule has 39 heavy (non-hydrogen) atoms. The quantitative estimate of drug-likeness (QED) is 0.357. The average Bonchev–Trinajstić information content (AvgIpc) is 2.90. The number of amides is 2. The van der Waals surface area contributed by atoms with Crippen molar-refractivity contribution in [2.75, 3.05) is 18.0 Å². The van der Waals surface area contributed by atoms with Crippen molar-refractivity contribution in [2.45, 2.75) is 51.2 Å². The Morgan fingerprint density at radius 3 is 2.13 bits per heavy atom. The Balaban J connectivity index is 2.04. The van der Waals surface area contributed by atoms with Crippen LogP contribution in [0.4, 0.5) is 5.69 Å². The van der Waals surface area contributed by atoms with Crippen LogP contribution in [-0.2, 0) is 26.2 Å². The molecule has 0 saturated heterocycles. The second kappa shape index (κ2) is 13.0. The summed E-state index contributed by atoms with van der Waals surface area (Å²) in [5.74, 6) is -0.382. The van der Waals surface area contributed by atoms with E-state index in [0.717, 1.165) is 9.87 Å². The van der Waals surface area contributed by atoms with E-state index in [4.69, 9.17) is 16.3 Å². The van der Waals surface area contributed by atoms with Crippen molar-refractivity contribution < 1.29 is 22.7 Å². The van der Waals surface area contributed by atoms with E-state index in [2.05, 4.69) is 5.32 Å². The van der Waals surface area contributed by atoms with Crippen molar-refractivity contribution in [1.82, 2.24) is 10.2 Å². The Labute approximate surface area is 235 Å². The molecule has 1 atom stereocenters. The fourth-order valence-electron chi connectivity index (χ4n) is 3.91. The fraction of sp³-hybridized carbons (Fsp3) is 0.310. The summed E-state index contributed by atoms with van der Waals surface area (Å²) in [6, 6.07) is 18.8. The van der Waals surface area contributed by atoms with Gasteiger partial charge in [0.25, 0.3) is 10.0 Å². The molecule has 10 heteroatoms. The summed E-state index contributed by atoms with van der Waals surface area (Å²) >= 11 is 6.38. The van der Waals surface area contributed by atoms with Gasteiger partial charge in [-0.1, -0.05) is 47.5 Å². The number of benzene rings is 3. The van der Waals surface area contributed by atoms with Gasteiger partial charge in [0.2, 0.25) is 11.8 Å². The lowest BCUT2D eigenvalue weighted by Crippen LogP contribution is -2.52. The molecule has 8 nitrogen and oxygen atoms in total. The molecule has 3 aromatic carbocycles. The van der Waals surface area contributed by atoms with Gasteiger partial charge < -0.3 is 15.0 Å². The van der Waals surface area contributed by atoms with Crippen LogP contribution in [0.15, 0.2) is 77.7 Å². The van der Waals surface area contributed by atoms with Crippen molar-refractivity contribution in [3.63, 3.8) is 0 Å². The molecule has 0 spiro atoms. The number of sulfonamides is 1. The Morgan fingerprint density at radius 2 is 1.56 bits per heavy atom. The zero-order valence-electron chi connectivity index (χ0n) is 22.7. The molecule has 2 amide bonds. The lowest BCUT2D eigenvalue weighted by molar-refractivity contribution is -0.139. The lowest BCUT2D eigenvalue weighted by atomic mass is 10.1. The first-order valence-corrected chi connectivity index (χ1v) is 14.3. The van der Waals surface area contributed by atoms with Gasteiger partial charge in [-0.05, 0) is 75.7 Å². The van der Waals surface area contributed by atoms with Crippen LogP contribution in [0.25, 0.3) is 0 Å². The van der Waals surface area contributed by atoms with Gasteiger partial charge in [0, 0.05) is 17.6 Å². The van der Waals surface area contributed by atoms with Crippen LogP contribution in [0.5, 0.6) is 5.75 Å². The third kappa shape index (κ3) is 7.52. The molecule has 0 fully saturated rings. The summed E-state index contributed by atoms with van der Waals surface area (Å²) < 4.78 is 34.0. The van der Waals surface area contributed by atoms with Gasteiger partial charge >= 0.3 is 0 Å². The molecule has 0 aliphatic heterocycles. The van der Waals surface area contributed by atoms with Crippen molar-refractivity contribution in [1.29, 1.82) is 0 Å². The maximum atomic E-state index is 13.9. The molecule has 0 aliphatic carbocycles. The zero-order valence-corrected chi connectivity index (χ0v) is 24.3. The van der Waals surface area contributed by atoms with Gasteiger partial charge in [-0.2, -0.15) is 0 Å². The Hall–Kier alpha value is -3.56. The van der Waals surface area contributed by atoms with Gasteiger partial charge in [0.05, 0.1) is 17.7 Å². The van der Waals surface area contributed by atoms with Gasteiger partial charge in [-0.25, -0.2) is 8.42 Å². The van der Waals surface area contributed by atoms with Crippen LogP contribution in [0.3, 0.4) is 0 Å². The molecular formula is C29H34ClN3O5S. The fourth-order valence-corrected chi connectivity index (χ4v) is 5.52. The Bertz CT molecular complexity index is 1390. The van der Waals surface area contributed by atoms with Crippen LogP contribution in [0.2, 0.25) is 5.02 Å². The molecule has 0 saturated carbocycles. The highest BCUT2D eigenvalue weighted by Crippen LogP contribution is 2.27. The molecule has 208 valence electrons.